The first-order valence-corrected chi connectivity index (χ1v) is 17.7. The number of hydrogen-bond donors (Lipinski definition) is 2. The predicted octanol–water partition coefficient (Wildman–Crippen LogP) is 5.72. The maximum Gasteiger partial charge on any atom is 0.256 e. The Hall–Kier alpha value is -2.91. The third kappa shape index (κ3) is 7.65. The highest BCUT2D eigenvalue weighted by Gasteiger charge is 2.58. The lowest BCUT2D eigenvalue weighted by Crippen LogP contribution is -2.54. The van der Waals surface area contributed by atoms with Crippen LogP contribution in [0.2, 0.25) is 0 Å². The van der Waals surface area contributed by atoms with Crippen molar-refractivity contribution in [3.05, 3.63) is 65.2 Å². The van der Waals surface area contributed by atoms with E-state index in [0.29, 0.717) is 6.54 Å². The molecule has 1 aliphatic carbocycles. The molecule has 4 rings (SSSR count). The van der Waals surface area contributed by atoms with Crippen LogP contribution in [-0.4, -0.2) is 50.6 Å². The van der Waals surface area contributed by atoms with E-state index in [1.165, 1.54) is 5.56 Å². The van der Waals surface area contributed by atoms with Crippen molar-refractivity contribution < 1.29 is 22.7 Å². The predicted molar refractivity (Wildman–Crippen MR) is 175 cm³/mol. The average molecular weight is 626 g/mol. The molecule has 242 valence electrons. The van der Waals surface area contributed by atoms with E-state index in [1.807, 2.05) is 36.4 Å². The van der Waals surface area contributed by atoms with E-state index in [1.54, 1.807) is 12.0 Å². The number of likely N-dealkylation sites (tertiary alicyclic amines) is 1. The second kappa shape index (κ2) is 13.2. The molecule has 8 nitrogen and oxygen atoms in total. The van der Waals surface area contributed by atoms with Gasteiger partial charge in [-0.15, -0.1) is 0 Å². The fraction of sp³-hybridized carbons (Fsp3) is 0.600. The molecule has 2 aromatic carbocycles. The molecule has 2 N–H and O–H groups in total. The Morgan fingerprint density at radius 2 is 1.59 bits per heavy atom. The molecular weight excluding hydrogens is 574 g/mol. The summed E-state index contributed by atoms with van der Waals surface area (Å²) in [5.74, 6) is -0.578. The lowest BCUT2D eigenvalue weighted by Gasteiger charge is -2.37. The van der Waals surface area contributed by atoms with Crippen molar-refractivity contribution in [1.82, 2.24) is 14.9 Å². The summed E-state index contributed by atoms with van der Waals surface area (Å²) in [6.07, 6.45) is 5.55. The number of hydrogen-bond acceptors (Lipinski definition) is 6. The Bertz CT molecular complexity index is 1420. The molecular formula is C35H51N3O5S. The van der Waals surface area contributed by atoms with Crippen LogP contribution in [0.25, 0.3) is 0 Å². The summed E-state index contributed by atoms with van der Waals surface area (Å²) in [6.45, 7) is 13.1. The van der Waals surface area contributed by atoms with Crippen molar-refractivity contribution in [2.45, 2.75) is 104 Å². The molecule has 1 aliphatic heterocycles. The number of methoxy groups -OCH3 is 1. The fourth-order valence-electron chi connectivity index (χ4n) is 7.16. The van der Waals surface area contributed by atoms with E-state index >= 15 is 0 Å². The molecule has 4 atom stereocenters. The highest BCUT2D eigenvalue weighted by molar-refractivity contribution is 7.89. The first-order chi connectivity index (χ1) is 20.5. The van der Waals surface area contributed by atoms with E-state index in [4.69, 9.17) is 4.74 Å². The van der Waals surface area contributed by atoms with E-state index in [9.17, 15) is 18.0 Å². The van der Waals surface area contributed by atoms with Crippen molar-refractivity contribution in [2.24, 2.45) is 17.3 Å². The van der Waals surface area contributed by atoms with Crippen LogP contribution in [0.3, 0.4) is 0 Å². The molecule has 9 heteroatoms. The van der Waals surface area contributed by atoms with E-state index in [-0.39, 0.29) is 23.3 Å². The topological polar surface area (TPSA) is 105 Å². The van der Waals surface area contributed by atoms with Gasteiger partial charge < -0.3 is 15.0 Å². The minimum atomic E-state index is -3.86. The van der Waals surface area contributed by atoms with Crippen molar-refractivity contribution in [2.75, 3.05) is 13.4 Å². The van der Waals surface area contributed by atoms with Gasteiger partial charge in [0.25, 0.3) is 5.91 Å². The Balaban J connectivity index is 1.87. The van der Waals surface area contributed by atoms with Gasteiger partial charge in [-0.3, -0.25) is 14.3 Å². The van der Waals surface area contributed by atoms with Crippen molar-refractivity contribution in [1.29, 1.82) is 0 Å². The van der Waals surface area contributed by atoms with Crippen LogP contribution in [0.4, 0.5) is 0 Å². The van der Waals surface area contributed by atoms with Crippen LogP contribution in [0.15, 0.2) is 48.5 Å². The van der Waals surface area contributed by atoms with E-state index < -0.39 is 39.3 Å². The molecule has 1 saturated heterocycles. The van der Waals surface area contributed by atoms with Crippen molar-refractivity contribution >= 4 is 21.8 Å². The zero-order chi connectivity index (χ0) is 32.4. The van der Waals surface area contributed by atoms with Gasteiger partial charge in [-0.05, 0) is 40.9 Å². The number of nitrogens with one attached hydrogen (secondary N) is 2. The third-order valence-corrected chi connectivity index (χ3v) is 9.82. The summed E-state index contributed by atoms with van der Waals surface area (Å²) in [7, 11) is -2.20. The van der Waals surface area contributed by atoms with Crippen LogP contribution in [0.5, 0.6) is 5.75 Å². The number of carbonyl (C=O) groups is 2. The Morgan fingerprint density at radius 1 is 0.955 bits per heavy atom. The standard InChI is InChI=1S/C35H51N3O5S/c1-34(2,3)26-19-20-27(43-7)25(21-26)22-36-29-28(35(4,5)6)31(32(39)37-44(8,41)42)38(30(29)23-15-11-9-12-16-23)33(40)24-17-13-10-14-18-24/h9,11-12,15-16,19-21,24,28-31,36H,10,13-14,17-18,22H2,1-8H3,(H,37,39)/t28-,29-,30-,31-/m0/s1. The minimum absolute atomic E-state index is 0.0626. The number of carbonyl (C=O) groups excluding carboxylic acids is 2. The highest BCUT2D eigenvalue weighted by atomic mass is 32.2. The largest absolute Gasteiger partial charge is 0.496 e. The van der Waals surface area contributed by atoms with E-state index in [0.717, 1.165) is 55.2 Å². The Labute approximate surface area is 264 Å². The lowest BCUT2D eigenvalue weighted by atomic mass is 9.72. The van der Waals surface area contributed by atoms with E-state index in [2.05, 4.69) is 63.7 Å². The maximum atomic E-state index is 14.6. The van der Waals surface area contributed by atoms with Gasteiger partial charge in [-0.2, -0.15) is 0 Å². The molecule has 2 fully saturated rings. The molecule has 2 aliphatic rings. The molecule has 2 amide bonds. The smallest absolute Gasteiger partial charge is 0.256 e. The summed E-state index contributed by atoms with van der Waals surface area (Å²) in [6, 6.07) is 14.2. The maximum absolute atomic E-state index is 14.6. The number of nitrogens with zero attached hydrogens (tertiary/aromatic N) is 1. The summed E-state index contributed by atoms with van der Waals surface area (Å²) in [5, 5.41) is 3.79. The van der Waals surface area contributed by atoms with Gasteiger partial charge in [-0.25, -0.2) is 8.42 Å². The molecule has 0 radical (unpaired) electrons. The first-order valence-electron chi connectivity index (χ1n) is 15.8. The molecule has 0 spiro atoms. The molecule has 0 bridgehead atoms. The summed E-state index contributed by atoms with van der Waals surface area (Å²) in [4.78, 5) is 30.3. The molecule has 0 unspecified atom stereocenters. The third-order valence-electron chi connectivity index (χ3n) is 9.25. The Kier molecular flexibility index (Phi) is 10.2. The fourth-order valence-corrected chi connectivity index (χ4v) is 7.65. The molecule has 1 heterocycles. The zero-order valence-electron chi connectivity index (χ0n) is 27.6. The summed E-state index contributed by atoms with van der Waals surface area (Å²) < 4.78 is 32.8. The van der Waals surface area contributed by atoms with Crippen LogP contribution >= 0.6 is 0 Å². The lowest BCUT2D eigenvalue weighted by molar-refractivity contribution is -0.145. The van der Waals surface area contributed by atoms with Crippen LogP contribution in [-0.2, 0) is 31.6 Å². The van der Waals surface area contributed by atoms with Gasteiger partial charge in [0.2, 0.25) is 15.9 Å². The van der Waals surface area contributed by atoms with Crippen LogP contribution < -0.4 is 14.8 Å². The Morgan fingerprint density at radius 3 is 2.14 bits per heavy atom. The number of amides is 2. The van der Waals surface area contributed by atoms with Crippen molar-refractivity contribution in [3.8, 4) is 5.75 Å². The quantitative estimate of drug-likeness (QED) is 0.389. The zero-order valence-corrected chi connectivity index (χ0v) is 28.5. The monoisotopic (exact) mass is 625 g/mol. The van der Waals surface area contributed by atoms with Crippen molar-refractivity contribution in [3.63, 3.8) is 0 Å². The number of benzene rings is 2. The average Bonchev–Trinajstić information content (AvgIpc) is 3.31. The first kappa shape index (κ1) is 34.0. The minimum Gasteiger partial charge on any atom is -0.496 e. The van der Waals surface area contributed by atoms with Gasteiger partial charge >= 0.3 is 0 Å². The highest BCUT2D eigenvalue weighted by Crippen LogP contribution is 2.49. The van der Waals surface area contributed by atoms with Crippen LogP contribution in [0.1, 0.15) is 96.4 Å². The van der Waals surface area contributed by atoms with Gasteiger partial charge in [0.15, 0.2) is 0 Å². The number of ether oxygens (including phenoxy) is 1. The summed E-state index contributed by atoms with van der Waals surface area (Å²) in [5.41, 5.74) is 2.53. The van der Waals surface area contributed by atoms with Gasteiger partial charge in [0, 0.05) is 30.0 Å². The number of rotatable bonds is 8. The summed E-state index contributed by atoms with van der Waals surface area (Å²) >= 11 is 0. The molecule has 1 saturated carbocycles. The molecule has 0 aromatic heterocycles. The molecule has 44 heavy (non-hydrogen) atoms. The van der Waals surface area contributed by atoms with Gasteiger partial charge in [-0.1, -0.05) is 103 Å². The second-order valence-corrected chi connectivity index (χ2v) is 16.4. The SMILES string of the molecule is COc1ccc(C(C)(C)C)cc1CN[C@H]1[C@H](C(C)(C)C)[C@@H](C(=O)NS(C)(=O)=O)N(C(=O)C2CCCCC2)[C@H]1c1ccccc1. The van der Waals surface area contributed by atoms with Gasteiger partial charge in [0.1, 0.15) is 11.8 Å². The van der Waals surface area contributed by atoms with Gasteiger partial charge in [0.05, 0.1) is 19.4 Å². The number of sulfonamides is 1. The second-order valence-electron chi connectivity index (χ2n) is 14.7. The molecule has 2 aromatic rings. The normalized spacial score (nSPS) is 23.4. The van der Waals surface area contributed by atoms with Crippen LogP contribution in [0, 0.1) is 17.3 Å².